The maximum absolute atomic E-state index is 13.6. The molecule has 1 aliphatic heterocycles. The van der Waals surface area contributed by atoms with E-state index >= 15 is 0 Å². The molecule has 0 aliphatic carbocycles. The predicted molar refractivity (Wildman–Crippen MR) is 94.8 cm³/mol. The van der Waals surface area contributed by atoms with Crippen LogP contribution < -0.4 is 10.6 Å². The van der Waals surface area contributed by atoms with E-state index in [4.69, 9.17) is 11.6 Å². The summed E-state index contributed by atoms with van der Waals surface area (Å²) in [5.41, 5.74) is 0.717. The Morgan fingerprint density at radius 3 is 2.92 bits per heavy atom. The van der Waals surface area contributed by atoms with E-state index in [-0.39, 0.29) is 23.3 Å². The molecule has 1 aromatic rings. The van der Waals surface area contributed by atoms with Gasteiger partial charge >= 0.3 is 0 Å². The van der Waals surface area contributed by atoms with Gasteiger partial charge in [-0.2, -0.15) is 0 Å². The Kier molecular flexibility index (Phi) is 7.16. The fourth-order valence-corrected chi connectivity index (χ4v) is 2.83. The van der Waals surface area contributed by atoms with E-state index in [1.807, 2.05) is 23.9 Å². The summed E-state index contributed by atoms with van der Waals surface area (Å²) in [4.78, 5) is 28.2. The third-order valence-electron chi connectivity index (χ3n) is 4.07. The summed E-state index contributed by atoms with van der Waals surface area (Å²) in [5.74, 6) is -0.835. The molecule has 0 saturated carbocycles. The van der Waals surface area contributed by atoms with Gasteiger partial charge in [-0.15, -0.1) is 0 Å². The van der Waals surface area contributed by atoms with Gasteiger partial charge in [0.05, 0.1) is 17.5 Å². The summed E-state index contributed by atoms with van der Waals surface area (Å²) in [6.07, 6.45) is 0.0787. The van der Waals surface area contributed by atoms with Gasteiger partial charge in [-0.25, -0.2) is 4.39 Å². The largest absolute Gasteiger partial charge is 0.355 e. The van der Waals surface area contributed by atoms with E-state index in [0.717, 1.165) is 12.1 Å². The molecule has 1 aromatic carbocycles. The SMILES string of the molecule is CN(C)CCNC(=O)CC1C(=O)NCCN1Cc1ccc(Cl)c(F)c1. The number of nitrogens with zero attached hydrogens (tertiary/aromatic N) is 2. The number of benzene rings is 1. The quantitative estimate of drug-likeness (QED) is 0.747. The summed E-state index contributed by atoms with van der Waals surface area (Å²) in [7, 11) is 3.85. The summed E-state index contributed by atoms with van der Waals surface area (Å²) in [6, 6.07) is 4.03. The topological polar surface area (TPSA) is 64.7 Å². The number of hydrogen-bond donors (Lipinski definition) is 2. The Morgan fingerprint density at radius 2 is 2.24 bits per heavy atom. The molecule has 0 spiro atoms. The van der Waals surface area contributed by atoms with E-state index in [9.17, 15) is 14.0 Å². The molecular formula is C17H24ClFN4O2. The first-order valence-corrected chi connectivity index (χ1v) is 8.61. The van der Waals surface area contributed by atoms with Gasteiger partial charge in [-0.1, -0.05) is 17.7 Å². The minimum absolute atomic E-state index is 0.0666. The van der Waals surface area contributed by atoms with E-state index in [1.165, 1.54) is 12.1 Å². The molecule has 0 radical (unpaired) electrons. The molecule has 2 rings (SSSR count). The van der Waals surface area contributed by atoms with Crippen molar-refractivity contribution >= 4 is 23.4 Å². The highest BCUT2D eigenvalue weighted by atomic mass is 35.5. The van der Waals surface area contributed by atoms with Crippen molar-refractivity contribution in [3.8, 4) is 0 Å². The first-order valence-electron chi connectivity index (χ1n) is 8.24. The highest BCUT2D eigenvalue weighted by molar-refractivity contribution is 6.30. The number of nitrogens with one attached hydrogen (secondary N) is 2. The number of carbonyl (C=O) groups is 2. The molecule has 1 atom stereocenters. The third kappa shape index (κ3) is 5.95. The number of piperazine rings is 1. The molecule has 2 N–H and O–H groups in total. The molecule has 2 amide bonds. The molecule has 1 aliphatic rings. The number of likely N-dealkylation sites (N-methyl/N-ethyl adjacent to an activating group) is 1. The number of carbonyl (C=O) groups excluding carboxylic acids is 2. The lowest BCUT2D eigenvalue weighted by Crippen LogP contribution is -2.56. The molecule has 1 saturated heterocycles. The van der Waals surface area contributed by atoms with Gasteiger partial charge in [-0.3, -0.25) is 14.5 Å². The van der Waals surface area contributed by atoms with Crippen LogP contribution in [0.4, 0.5) is 4.39 Å². The van der Waals surface area contributed by atoms with Gasteiger partial charge < -0.3 is 15.5 Å². The normalized spacial score (nSPS) is 18.3. The van der Waals surface area contributed by atoms with Crippen molar-refractivity contribution in [2.75, 3.05) is 40.3 Å². The molecule has 8 heteroatoms. The van der Waals surface area contributed by atoms with Crippen LogP contribution in [0.25, 0.3) is 0 Å². The van der Waals surface area contributed by atoms with Crippen LogP contribution in [0.5, 0.6) is 0 Å². The Bertz CT molecular complexity index is 627. The molecule has 1 heterocycles. The highest BCUT2D eigenvalue weighted by Gasteiger charge is 2.31. The van der Waals surface area contributed by atoms with Crippen LogP contribution >= 0.6 is 11.6 Å². The minimum Gasteiger partial charge on any atom is -0.355 e. The molecule has 0 aromatic heterocycles. The highest BCUT2D eigenvalue weighted by Crippen LogP contribution is 2.19. The van der Waals surface area contributed by atoms with Gasteiger partial charge in [0.2, 0.25) is 11.8 Å². The Morgan fingerprint density at radius 1 is 1.48 bits per heavy atom. The molecule has 0 bridgehead atoms. The first kappa shape index (κ1) is 19.6. The fourth-order valence-electron chi connectivity index (χ4n) is 2.71. The number of rotatable bonds is 7. The number of hydrogen-bond acceptors (Lipinski definition) is 4. The smallest absolute Gasteiger partial charge is 0.237 e. The van der Waals surface area contributed by atoms with Gasteiger partial charge in [0.1, 0.15) is 5.82 Å². The second-order valence-electron chi connectivity index (χ2n) is 6.38. The zero-order chi connectivity index (χ0) is 18.4. The van der Waals surface area contributed by atoms with Crippen LogP contribution in [0.2, 0.25) is 5.02 Å². The van der Waals surface area contributed by atoms with Crippen molar-refractivity contribution in [1.29, 1.82) is 0 Å². The summed E-state index contributed by atoms with van der Waals surface area (Å²) >= 11 is 5.71. The lowest BCUT2D eigenvalue weighted by Gasteiger charge is -2.34. The van der Waals surface area contributed by atoms with Gasteiger partial charge in [0.25, 0.3) is 0 Å². The van der Waals surface area contributed by atoms with Crippen molar-refractivity contribution in [3.63, 3.8) is 0 Å². The van der Waals surface area contributed by atoms with Crippen molar-refractivity contribution in [1.82, 2.24) is 20.4 Å². The van der Waals surface area contributed by atoms with E-state index in [0.29, 0.717) is 26.2 Å². The Labute approximate surface area is 152 Å². The van der Waals surface area contributed by atoms with Gasteiger partial charge in [0.15, 0.2) is 0 Å². The van der Waals surface area contributed by atoms with Crippen LogP contribution in [0.3, 0.4) is 0 Å². The number of halogens is 2. The van der Waals surface area contributed by atoms with Crippen molar-refractivity contribution in [2.24, 2.45) is 0 Å². The zero-order valence-electron chi connectivity index (χ0n) is 14.5. The first-order chi connectivity index (χ1) is 11.9. The van der Waals surface area contributed by atoms with E-state index < -0.39 is 11.9 Å². The average Bonchev–Trinajstić information content (AvgIpc) is 2.54. The average molecular weight is 371 g/mol. The standard InChI is InChI=1S/C17H24ClFN4O2/c1-22(2)7-5-20-16(24)10-15-17(25)21-6-8-23(15)11-12-3-4-13(18)14(19)9-12/h3-4,9,15H,5-8,10-11H2,1-2H3,(H,20,24)(H,21,25). The molecule has 138 valence electrons. The molecular weight excluding hydrogens is 347 g/mol. The molecule has 25 heavy (non-hydrogen) atoms. The van der Waals surface area contributed by atoms with Crippen LogP contribution in [0.15, 0.2) is 18.2 Å². The van der Waals surface area contributed by atoms with E-state index in [2.05, 4.69) is 10.6 Å². The maximum atomic E-state index is 13.6. The van der Waals surface area contributed by atoms with E-state index in [1.54, 1.807) is 6.07 Å². The fraction of sp³-hybridized carbons (Fsp3) is 0.529. The molecule has 1 fully saturated rings. The second-order valence-corrected chi connectivity index (χ2v) is 6.79. The summed E-state index contributed by atoms with van der Waals surface area (Å²) in [6.45, 7) is 2.76. The van der Waals surface area contributed by atoms with Crippen LogP contribution in [0.1, 0.15) is 12.0 Å². The third-order valence-corrected chi connectivity index (χ3v) is 4.38. The number of amides is 2. The lowest BCUT2D eigenvalue weighted by atomic mass is 10.1. The maximum Gasteiger partial charge on any atom is 0.237 e. The monoisotopic (exact) mass is 370 g/mol. The van der Waals surface area contributed by atoms with Crippen LogP contribution in [-0.2, 0) is 16.1 Å². The Balaban J connectivity index is 1.98. The van der Waals surface area contributed by atoms with Crippen molar-refractivity contribution in [2.45, 2.75) is 19.0 Å². The minimum atomic E-state index is -0.563. The zero-order valence-corrected chi connectivity index (χ0v) is 15.3. The second kappa shape index (κ2) is 9.12. The van der Waals surface area contributed by atoms with Gasteiger partial charge in [-0.05, 0) is 31.8 Å². The van der Waals surface area contributed by atoms with Crippen molar-refractivity contribution < 1.29 is 14.0 Å². The van der Waals surface area contributed by atoms with Crippen LogP contribution in [-0.4, -0.2) is 67.9 Å². The van der Waals surface area contributed by atoms with Crippen molar-refractivity contribution in [3.05, 3.63) is 34.6 Å². The summed E-state index contributed by atoms with van der Waals surface area (Å²) < 4.78 is 13.6. The molecule has 6 nitrogen and oxygen atoms in total. The summed E-state index contributed by atoms with van der Waals surface area (Å²) in [5, 5.41) is 5.67. The predicted octanol–water partition coefficient (Wildman–Crippen LogP) is 0.847. The lowest BCUT2D eigenvalue weighted by molar-refractivity contribution is -0.134. The van der Waals surface area contributed by atoms with Gasteiger partial charge in [0, 0.05) is 32.7 Å². The molecule has 1 unspecified atom stereocenters. The Hall–Kier alpha value is -1.70. The van der Waals surface area contributed by atoms with Crippen LogP contribution in [0, 0.1) is 5.82 Å².